The highest BCUT2D eigenvalue weighted by molar-refractivity contribution is 6.74. The van der Waals surface area contributed by atoms with Crippen LogP contribution in [0.2, 0.25) is 36.3 Å². The Bertz CT molecular complexity index is 554. The molecular formula is C23H45O2Si2. The summed E-state index contributed by atoms with van der Waals surface area (Å²) in [4.78, 5) is 0. The monoisotopic (exact) mass is 409 g/mol. The first kappa shape index (κ1) is 23.4. The number of hydrogen-bond acceptors (Lipinski definition) is 2. The molecule has 2 aliphatic carbocycles. The zero-order valence-corrected chi connectivity index (χ0v) is 22.0. The van der Waals surface area contributed by atoms with Gasteiger partial charge in [-0.1, -0.05) is 54.5 Å². The Morgan fingerprint density at radius 1 is 0.926 bits per heavy atom. The maximum Gasteiger partial charge on any atom is 0.192 e. The largest absolute Gasteiger partial charge is 0.414 e. The fourth-order valence-electron chi connectivity index (χ4n) is 4.01. The van der Waals surface area contributed by atoms with E-state index in [2.05, 4.69) is 86.8 Å². The van der Waals surface area contributed by atoms with Gasteiger partial charge in [0.15, 0.2) is 16.6 Å². The molecule has 0 spiro atoms. The van der Waals surface area contributed by atoms with Gasteiger partial charge in [0.2, 0.25) is 0 Å². The Kier molecular flexibility index (Phi) is 6.41. The second kappa shape index (κ2) is 7.41. The van der Waals surface area contributed by atoms with Crippen LogP contribution in [-0.2, 0) is 8.85 Å². The maximum absolute atomic E-state index is 6.95. The van der Waals surface area contributed by atoms with Gasteiger partial charge in [-0.05, 0) is 79.4 Å². The standard InChI is InChI=1S/C23H45O2Si2/c1-21(2,3)26(8,9)24-18-14-16-23(7)15-12-13-20(19(23)17-18)25-27(10,11)22(4,5)6/h12,18-20H,13-14,16-17H2,1-11H3/t18-,19+,20+,23-/m0/s1. The summed E-state index contributed by atoms with van der Waals surface area (Å²) in [5, 5.41) is 0.517. The van der Waals surface area contributed by atoms with Gasteiger partial charge in [-0.3, -0.25) is 0 Å². The maximum atomic E-state index is 6.95. The zero-order chi connectivity index (χ0) is 20.9. The molecule has 0 amide bonds. The highest BCUT2D eigenvalue weighted by Crippen LogP contribution is 2.51. The summed E-state index contributed by atoms with van der Waals surface area (Å²) in [5.74, 6) is 0.528. The van der Waals surface area contributed by atoms with Crippen molar-refractivity contribution in [2.24, 2.45) is 11.3 Å². The van der Waals surface area contributed by atoms with Crippen LogP contribution in [0.15, 0.2) is 6.08 Å². The molecule has 1 saturated carbocycles. The lowest BCUT2D eigenvalue weighted by atomic mass is 9.62. The Balaban J connectivity index is 2.18. The Hall–Kier alpha value is 0.0938. The molecule has 0 aromatic heterocycles. The van der Waals surface area contributed by atoms with Gasteiger partial charge in [0.1, 0.15) is 0 Å². The van der Waals surface area contributed by atoms with E-state index in [0.717, 1.165) is 19.3 Å². The molecule has 0 saturated heterocycles. The molecule has 0 heterocycles. The summed E-state index contributed by atoms with van der Waals surface area (Å²) in [7, 11) is -3.51. The molecule has 0 unspecified atom stereocenters. The highest BCUT2D eigenvalue weighted by atomic mass is 28.4. The number of hydrogen-bond donors (Lipinski definition) is 0. The number of allylic oxidation sites excluding steroid dienone is 1. The van der Waals surface area contributed by atoms with Crippen LogP contribution in [0.1, 0.15) is 74.1 Å². The van der Waals surface area contributed by atoms with E-state index in [-0.39, 0.29) is 15.5 Å². The van der Waals surface area contributed by atoms with E-state index in [1.807, 2.05) is 0 Å². The summed E-state index contributed by atoms with van der Waals surface area (Å²) in [5.41, 5.74) is 0.151. The SMILES string of the molecule is CC(C)(C)[Si](C)(C)O[C@H]1CC[C@]2(C)[C]=CC[C@@H](O[Si](C)(C)C(C)(C)C)[C@H]2C1. The fraction of sp³-hybridized carbons (Fsp3) is 0.913. The molecule has 0 aromatic rings. The molecule has 4 atom stereocenters. The minimum absolute atomic E-state index is 0.151. The Labute approximate surface area is 171 Å². The Morgan fingerprint density at radius 3 is 1.96 bits per heavy atom. The molecule has 0 bridgehead atoms. The lowest BCUT2D eigenvalue weighted by Crippen LogP contribution is -2.53. The van der Waals surface area contributed by atoms with Crippen LogP contribution >= 0.6 is 0 Å². The van der Waals surface area contributed by atoms with E-state index in [0.29, 0.717) is 18.1 Å². The lowest BCUT2D eigenvalue weighted by Gasteiger charge is -2.52. The fourth-order valence-corrected chi connectivity index (χ4v) is 6.78. The minimum atomic E-state index is -1.78. The summed E-state index contributed by atoms with van der Waals surface area (Å²) >= 11 is 0. The van der Waals surface area contributed by atoms with Crippen LogP contribution in [0.4, 0.5) is 0 Å². The van der Waals surface area contributed by atoms with Crippen LogP contribution in [0.25, 0.3) is 0 Å². The van der Waals surface area contributed by atoms with E-state index in [4.69, 9.17) is 8.85 Å². The average Bonchev–Trinajstić information content (AvgIpc) is 2.45. The van der Waals surface area contributed by atoms with Crippen molar-refractivity contribution in [3.05, 3.63) is 12.2 Å². The van der Waals surface area contributed by atoms with Crippen LogP contribution in [-0.4, -0.2) is 28.8 Å². The first-order valence-corrected chi connectivity index (χ1v) is 16.8. The van der Waals surface area contributed by atoms with Crippen LogP contribution < -0.4 is 0 Å². The molecule has 1 radical (unpaired) electrons. The van der Waals surface area contributed by atoms with Gasteiger partial charge < -0.3 is 8.85 Å². The van der Waals surface area contributed by atoms with Crippen molar-refractivity contribution < 1.29 is 8.85 Å². The van der Waals surface area contributed by atoms with Crippen LogP contribution in [0, 0.1) is 17.4 Å². The summed E-state index contributed by atoms with van der Waals surface area (Å²) < 4.78 is 13.8. The van der Waals surface area contributed by atoms with Gasteiger partial charge in [-0.25, -0.2) is 0 Å². The topological polar surface area (TPSA) is 18.5 Å². The molecule has 0 aliphatic heterocycles. The molecule has 0 aromatic carbocycles. The van der Waals surface area contributed by atoms with Crippen molar-refractivity contribution in [2.45, 2.75) is 123 Å². The van der Waals surface area contributed by atoms with E-state index in [9.17, 15) is 0 Å². The van der Waals surface area contributed by atoms with Gasteiger partial charge in [0.05, 0.1) is 6.10 Å². The number of rotatable bonds is 4. The van der Waals surface area contributed by atoms with Gasteiger partial charge in [0.25, 0.3) is 0 Å². The van der Waals surface area contributed by atoms with Crippen molar-refractivity contribution in [1.29, 1.82) is 0 Å². The molecule has 2 nitrogen and oxygen atoms in total. The van der Waals surface area contributed by atoms with E-state index >= 15 is 0 Å². The third-order valence-electron chi connectivity index (χ3n) is 8.07. The molecule has 27 heavy (non-hydrogen) atoms. The second-order valence-electron chi connectivity index (χ2n) is 12.3. The first-order valence-electron chi connectivity index (χ1n) is 10.9. The van der Waals surface area contributed by atoms with E-state index < -0.39 is 16.6 Å². The van der Waals surface area contributed by atoms with Gasteiger partial charge in [0, 0.05) is 6.10 Å². The predicted octanol–water partition coefficient (Wildman–Crippen LogP) is 7.34. The molecule has 1 fully saturated rings. The van der Waals surface area contributed by atoms with Crippen molar-refractivity contribution in [1.82, 2.24) is 0 Å². The third-order valence-corrected chi connectivity index (χ3v) is 17.1. The molecule has 2 rings (SSSR count). The van der Waals surface area contributed by atoms with Gasteiger partial charge >= 0.3 is 0 Å². The van der Waals surface area contributed by atoms with Crippen LogP contribution in [0.5, 0.6) is 0 Å². The second-order valence-corrected chi connectivity index (χ2v) is 21.8. The molecule has 4 heteroatoms. The van der Waals surface area contributed by atoms with E-state index in [1.54, 1.807) is 0 Å². The lowest BCUT2D eigenvalue weighted by molar-refractivity contribution is -0.0270. The molecule has 157 valence electrons. The van der Waals surface area contributed by atoms with E-state index in [1.165, 1.54) is 6.42 Å². The van der Waals surface area contributed by atoms with Gasteiger partial charge in [-0.2, -0.15) is 0 Å². The van der Waals surface area contributed by atoms with Gasteiger partial charge in [-0.15, -0.1) is 0 Å². The smallest absolute Gasteiger partial charge is 0.192 e. The zero-order valence-electron chi connectivity index (χ0n) is 20.0. The number of fused-ring (bicyclic) bond motifs is 1. The summed E-state index contributed by atoms with van der Waals surface area (Å²) in [6, 6.07) is 0. The molecular weight excluding hydrogens is 364 g/mol. The normalized spacial score (nSPS) is 33.1. The predicted molar refractivity (Wildman–Crippen MR) is 122 cm³/mol. The van der Waals surface area contributed by atoms with Crippen LogP contribution in [0.3, 0.4) is 0 Å². The molecule has 0 N–H and O–H groups in total. The van der Waals surface area contributed by atoms with Crippen molar-refractivity contribution in [3.63, 3.8) is 0 Å². The Morgan fingerprint density at radius 2 is 1.44 bits per heavy atom. The van der Waals surface area contributed by atoms with Crippen molar-refractivity contribution in [3.8, 4) is 0 Å². The summed E-state index contributed by atoms with van der Waals surface area (Å²) in [6.45, 7) is 26.0. The first-order chi connectivity index (χ1) is 12.0. The van der Waals surface area contributed by atoms with Crippen molar-refractivity contribution in [2.75, 3.05) is 0 Å². The average molecular weight is 410 g/mol. The minimum Gasteiger partial charge on any atom is -0.414 e. The molecule has 2 aliphatic rings. The van der Waals surface area contributed by atoms with Crippen molar-refractivity contribution >= 4 is 16.6 Å². The third kappa shape index (κ3) is 4.99. The quantitative estimate of drug-likeness (QED) is 0.452. The highest BCUT2D eigenvalue weighted by Gasteiger charge is 2.50. The summed E-state index contributed by atoms with van der Waals surface area (Å²) in [6.07, 6.45) is 11.2.